The number of alkyl halides is 1. The summed E-state index contributed by atoms with van der Waals surface area (Å²) in [5.41, 5.74) is -0.627. The van der Waals surface area contributed by atoms with Crippen LogP contribution in [0.4, 0.5) is 0 Å². The van der Waals surface area contributed by atoms with Crippen molar-refractivity contribution in [1.82, 2.24) is 0 Å². The van der Waals surface area contributed by atoms with Crippen LogP contribution in [0.3, 0.4) is 0 Å². The lowest BCUT2D eigenvalue weighted by molar-refractivity contribution is -0.143. The second kappa shape index (κ2) is 3.08. The summed E-state index contributed by atoms with van der Waals surface area (Å²) in [7, 11) is 1.31. The van der Waals surface area contributed by atoms with E-state index in [9.17, 15) is 4.79 Å². The van der Waals surface area contributed by atoms with E-state index in [2.05, 4.69) is 4.74 Å². The van der Waals surface area contributed by atoms with Crippen molar-refractivity contribution >= 4 is 17.6 Å². The van der Waals surface area contributed by atoms with Gasteiger partial charge < -0.3 is 14.2 Å². The van der Waals surface area contributed by atoms with Gasteiger partial charge in [-0.3, -0.25) is 0 Å². The minimum atomic E-state index is -1.29. The van der Waals surface area contributed by atoms with Crippen LogP contribution >= 0.6 is 11.6 Å². The van der Waals surface area contributed by atoms with E-state index in [-0.39, 0.29) is 5.92 Å². The highest BCUT2D eigenvalue weighted by Crippen LogP contribution is 2.58. The molecule has 0 amide bonds. The molecule has 3 unspecified atom stereocenters. The number of halogens is 1. The van der Waals surface area contributed by atoms with Crippen molar-refractivity contribution in [3.63, 3.8) is 0 Å². The van der Waals surface area contributed by atoms with Gasteiger partial charge in [-0.1, -0.05) is 11.6 Å². The van der Waals surface area contributed by atoms with Crippen LogP contribution in [-0.2, 0) is 19.0 Å². The number of esters is 1. The van der Waals surface area contributed by atoms with Crippen molar-refractivity contribution in [2.75, 3.05) is 20.3 Å². The Hall–Kier alpha value is -0.320. The number of methoxy groups -OCH3 is 1. The molecule has 0 aromatic carbocycles. The van der Waals surface area contributed by atoms with Crippen molar-refractivity contribution in [2.24, 2.45) is 5.92 Å². The van der Waals surface area contributed by atoms with Gasteiger partial charge in [0.1, 0.15) is 5.60 Å². The molecule has 2 aliphatic heterocycles. The first-order valence-corrected chi connectivity index (χ1v) is 4.97. The molecule has 80 valence electrons. The fourth-order valence-corrected chi connectivity index (χ4v) is 2.35. The lowest BCUT2D eigenvalue weighted by atomic mass is 9.90. The summed E-state index contributed by atoms with van der Waals surface area (Å²) in [6.45, 7) is 3.13. The summed E-state index contributed by atoms with van der Waals surface area (Å²) in [6.07, 6.45) is 0.877. The third kappa shape index (κ3) is 1.17. The summed E-state index contributed by atoms with van der Waals surface area (Å²) < 4.78 is 15.2. The molecule has 0 aromatic rings. The summed E-state index contributed by atoms with van der Waals surface area (Å²) in [5.74, 6) is -0.340. The molecule has 0 N–H and O–H groups in total. The highest BCUT2D eigenvalue weighted by molar-refractivity contribution is 6.35. The minimum absolute atomic E-state index is 0.180. The zero-order valence-corrected chi connectivity index (χ0v) is 8.97. The number of carbonyl (C=O) groups excluding carboxylic acids is 1. The van der Waals surface area contributed by atoms with Crippen molar-refractivity contribution < 1.29 is 19.0 Å². The van der Waals surface area contributed by atoms with Gasteiger partial charge in [0.05, 0.1) is 13.7 Å². The fourth-order valence-electron chi connectivity index (χ4n) is 1.96. The van der Waals surface area contributed by atoms with Crippen LogP contribution in [0, 0.1) is 5.92 Å². The lowest BCUT2D eigenvalue weighted by Gasteiger charge is -2.14. The number of hydrogen-bond acceptors (Lipinski definition) is 4. The molecule has 2 aliphatic rings. The van der Waals surface area contributed by atoms with Gasteiger partial charge in [0.25, 0.3) is 5.06 Å². The lowest BCUT2D eigenvalue weighted by Crippen LogP contribution is -2.34. The maximum absolute atomic E-state index is 11.3. The average molecular weight is 221 g/mol. The second-order valence-corrected chi connectivity index (χ2v) is 4.39. The molecule has 2 fully saturated rings. The molecule has 2 heterocycles. The zero-order chi connectivity index (χ0) is 10.4. The molecule has 0 bridgehead atoms. The fraction of sp³-hybridized carbons (Fsp3) is 0.889. The molecule has 0 aliphatic carbocycles. The molecule has 2 rings (SSSR count). The van der Waals surface area contributed by atoms with E-state index in [1.165, 1.54) is 7.11 Å². The highest BCUT2D eigenvalue weighted by Gasteiger charge is 2.75. The Bertz CT molecular complexity index is 264. The Morgan fingerprint density at radius 3 is 2.86 bits per heavy atom. The molecule has 3 atom stereocenters. The van der Waals surface area contributed by atoms with Crippen LogP contribution in [0.15, 0.2) is 0 Å². The maximum atomic E-state index is 11.3. The Morgan fingerprint density at radius 2 is 2.36 bits per heavy atom. The van der Waals surface area contributed by atoms with Crippen LogP contribution < -0.4 is 0 Å². The van der Waals surface area contributed by atoms with Crippen LogP contribution in [-0.4, -0.2) is 37.0 Å². The second-order valence-electron chi connectivity index (χ2n) is 3.86. The molecule has 0 aromatic heterocycles. The molecule has 0 radical (unpaired) electrons. The third-order valence-electron chi connectivity index (χ3n) is 3.11. The SMILES string of the molecule is COC(=O)C1(Cl)OC1(C)C1CCOC1. The van der Waals surface area contributed by atoms with Crippen molar-refractivity contribution in [2.45, 2.75) is 24.0 Å². The highest BCUT2D eigenvalue weighted by atomic mass is 35.5. The van der Waals surface area contributed by atoms with Crippen LogP contribution in [0.1, 0.15) is 13.3 Å². The number of ether oxygens (including phenoxy) is 3. The Kier molecular flexibility index (Phi) is 2.25. The molecule has 4 nitrogen and oxygen atoms in total. The summed E-state index contributed by atoms with van der Waals surface area (Å²) in [4.78, 5) is 11.3. The molecule has 5 heteroatoms. The monoisotopic (exact) mass is 220 g/mol. The molecule has 2 saturated heterocycles. The summed E-state index contributed by atoms with van der Waals surface area (Å²) >= 11 is 6.03. The van der Waals surface area contributed by atoms with Gasteiger partial charge in [-0.25, -0.2) is 4.79 Å². The summed E-state index contributed by atoms with van der Waals surface area (Å²) in [5, 5.41) is -1.29. The van der Waals surface area contributed by atoms with Crippen LogP contribution in [0.2, 0.25) is 0 Å². The number of carbonyl (C=O) groups is 1. The van der Waals surface area contributed by atoms with Gasteiger partial charge in [0.15, 0.2) is 0 Å². The van der Waals surface area contributed by atoms with Gasteiger partial charge in [0.2, 0.25) is 0 Å². The van der Waals surface area contributed by atoms with Crippen LogP contribution in [0.5, 0.6) is 0 Å². The van der Waals surface area contributed by atoms with Crippen LogP contribution in [0.25, 0.3) is 0 Å². The molecular weight excluding hydrogens is 208 g/mol. The molecular formula is C9H13ClO4. The van der Waals surface area contributed by atoms with E-state index in [4.69, 9.17) is 21.1 Å². The Morgan fingerprint density at radius 1 is 1.64 bits per heavy atom. The predicted molar refractivity (Wildman–Crippen MR) is 49.0 cm³/mol. The Labute approximate surface area is 87.5 Å². The molecule has 0 saturated carbocycles. The van der Waals surface area contributed by atoms with Gasteiger partial charge >= 0.3 is 5.97 Å². The number of epoxide rings is 1. The molecule has 14 heavy (non-hydrogen) atoms. The van der Waals surface area contributed by atoms with E-state index in [1.54, 1.807) is 0 Å². The first-order chi connectivity index (χ1) is 6.54. The van der Waals surface area contributed by atoms with Crippen molar-refractivity contribution in [3.8, 4) is 0 Å². The van der Waals surface area contributed by atoms with Crippen molar-refractivity contribution in [1.29, 1.82) is 0 Å². The maximum Gasteiger partial charge on any atom is 0.357 e. The van der Waals surface area contributed by atoms with E-state index in [1.807, 2.05) is 6.92 Å². The topological polar surface area (TPSA) is 48.1 Å². The minimum Gasteiger partial charge on any atom is -0.466 e. The van der Waals surface area contributed by atoms with Crippen molar-refractivity contribution in [3.05, 3.63) is 0 Å². The van der Waals surface area contributed by atoms with E-state index in [0.29, 0.717) is 13.2 Å². The standard InChI is InChI=1S/C9H13ClO4/c1-8(6-3-4-13-5-6)9(10,14-8)7(11)12-2/h6H,3-5H2,1-2H3. The number of rotatable bonds is 2. The van der Waals surface area contributed by atoms with Gasteiger partial charge in [-0.05, 0) is 13.3 Å². The quantitative estimate of drug-likeness (QED) is 0.395. The smallest absolute Gasteiger partial charge is 0.357 e. The predicted octanol–water partition coefficient (Wildman–Crippen LogP) is 0.920. The van der Waals surface area contributed by atoms with Gasteiger partial charge in [0, 0.05) is 12.5 Å². The van der Waals surface area contributed by atoms with E-state index < -0.39 is 16.6 Å². The number of hydrogen-bond donors (Lipinski definition) is 0. The zero-order valence-electron chi connectivity index (χ0n) is 8.21. The Balaban J connectivity index is 2.10. The summed E-state index contributed by atoms with van der Waals surface area (Å²) in [6, 6.07) is 0. The van der Waals surface area contributed by atoms with E-state index >= 15 is 0 Å². The molecule has 0 spiro atoms. The normalized spacial score (nSPS) is 46.4. The van der Waals surface area contributed by atoms with E-state index in [0.717, 1.165) is 6.42 Å². The van der Waals surface area contributed by atoms with Gasteiger partial charge in [-0.2, -0.15) is 0 Å². The largest absolute Gasteiger partial charge is 0.466 e. The first-order valence-electron chi connectivity index (χ1n) is 4.60. The first kappa shape index (κ1) is 10.2. The average Bonchev–Trinajstić information content (AvgIpc) is 2.62. The third-order valence-corrected chi connectivity index (χ3v) is 3.71. The van der Waals surface area contributed by atoms with Gasteiger partial charge in [-0.15, -0.1) is 0 Å².